The molecule has 0 spiro atoms. The fourth-order valence-corrected chi connectivity index (χ4v) is 2.59. The van der Waals surface area contributed by atoms with Crippen LogP contribution in [-0.2, 0) is 12.2 Å². The molecule has 0 saturated carbocycles. The first-order valence-corrected chi connectivity index (χ1v) is 7.11. The Balaban J connectivity index is 2.12. The summed E-state index contributed by atoms with van der Waals surface area (Å²) < 4.78 is 4.90. The molecule has 2 aromatic heterocycles. The number of aromatic amines is 1. The van der Waals surface area contributed by atoms with Crippen molar-refractivity contribution in [3.8, 4) is 0 Å². The molecule has 2 aromatic rings. The zero-order chi connectivity index (χ0) is 14.5. The highest BCUT2D eigenvalue weighted by Crippen LogP contribution is 2.22. The molecule has 0 aromatic carbocycles. The average molecular weight is 294 g/mol. The minimum atomic E-state index is -1.10. The number of aryl methyl sites for hydroxylation is 1. The summed E-state index contributed by atoms with van der Waals surface area (Å²) >= 11 is 1.27. The zero-order valence-electron chi connectivity index (χ0n) is 10.9. The highest BCUT2D eigenvalue weighted by atomic mass is 32.2. The van der Waals surface area contributed by atoms with E-state index in [4.69, 9.17) is 9.52 Å². The van der Waals surface area contributed by atoms with Crippen LogP contribution >= 0.6 is 11.8 Å². The van der Waals surface area contributed by atoms with Gasteiger partial charge in [-0.3, -0.25) is 4.79 Å². The molecular formula is C13H14N2O4S. The van der Waals surface area contributed by atoms with Crippen molar-refractivity contribution < 1.29 is 14.3 Å². The first-order valence-electron chi connectivity index (χ1n) is 6.13. The van der Waals surface area contributed by atoms with Gasteiger partial charge in [0.1, 0.15) is 0 Å². The van der Waals surface area contributed by atoms with Gasteiger partial charge in [0.15, 0.2) is 5.16 Å². The Morgan fingerprint density at radius 2 is 2.35 bits per heavy atom. The first kappa shape index (κ1) is 14.4. The van der Waals surface area contributed by atoms with Gasteiger partial charge in [-0.05, 0) is 12.5 Å². The van der Waals surface area contributed by atoms with Crippen molar-refractivity contribution in [3.63, 3.8) is 0 Å². The number of hydrogen-bond acceptors (Lipinski definition) is 5. The molecule has 0 atom stereocenters. The van der Waals surface area contributed by atoms with Crippen LogP contribution in [0.4, 0.5) is 0 Å². The second kappa shape index (κ2) is 6.42. The topological polar surface area (TPSA) is 96.2 Å². The Labute approximate surface area is 119 Å². The molecule has 106 valence electrons. The molecule has 2 rings (SSSR count). The van der Waals surface area contributed by atoms with E-state index in [0.29, 0.717) is 16.5 Å². The molecule has 20 heavy (non-hydrogen) atoms. The van der Waals surface area contributed by atoms with Crippen LogP contribution in [0.5, 0.6) is 0 Å². The number of nitrogens with zero attached hydrogens (tertiary/aromatic N) is 1. The second-order valence-electron chi connectivity index (χ2n) is 4.16. The normalized spacial score (nSPS) is 10.7. The maximum Gasteiger partial charge on any atom is 0.372 e. The summed E-state index contributed by atoms with van der Waals surface area (Å²) in [6, 6.07) is 3.08. The van der Waals surface area contributed by atoms with Crippen LogP contribution in [0, 0.1) is 0 Å². The Morgan fingerprint density at radius 1 is 1.55 bits per heavy atom. The van der Waals surface area contributed by atoms with Crippen molar-refractivity contribution in [1.82, 2.24) is 9.97 Å². The quantitative estimate of drug-likeness (QED) is 0.627. The van der Waals surface area contributed by atoms with Gasteiger partial charge in [-0.15, -0.1) is 0 Å². The van der Waals surface area contributed by atoms with E-state index in [0.717, 1.165) is 18.5 Å². The lowest BCUT2D eigenvalue weighted by Crippen LogP contribution is -2.10. The summed E-state index contributed by atoms with van der Waals surface area (Å²) in [5.41, 5.74) is 1.10. The maximum absolute atomic E-state index is 11.5. The number of nitrogens with one attached hydrogen (secondary N) is 1. The summed E-state index contributed by atoms with van der Waals surface area (Å²) in [5.74, 6) is -0.812. The number of carboxylic acid groups (broad SMARTS) is 1. The molecule has 0 amide bonds. The van der Waals surface area contributed by atoms with E-state index < -0.39 is 5.97 Å². The lowest BCUT2D eigenvalue weighted by molar-refractivity contribution is 0.0661. The number of carboxylic acids is 1. The monoisotopic (exact) mass is 294 g/mol. The smallest absolute Gasteiger partial charge is 0.372 e. The fraction of sp³-hybridized carbons (Fsp3) is 0.308. The second-order valence-corrected chi connectivity index (χ2v) is 5.12. The van der Waals surface area contributed by atoms with Crippen molar-refractivity contribution in [2.45, 2.75) is 30.7 Å². The molecule has 0 aliphatic heterocycles. The molecule has 2 heterocycles. The minimum Gasteiger partial charge on any atom is -0.475 e. The molecule has 0 aliphatic carbocycles. The van der Waals surface area contributed by atoms with Crippen molar-refractivity contribution in [2.75, 3.05) is 0 Å². The zero-order valence-corrected chi connectivity index (χ0v) is 11.7. The van der Waals surface area contributed by atoms with Crippen LogP contribution in [0.2, 0.25) is 0 Å². The van der Waals surface area contributed by atoms with Crippen molar-refractivity contribution >= 4 is 17.7 Å². The van der Waals surface area contributed by atoms with Gasteiger partial charge in [0.05, 0.1) is 6.26 Å². The largest absolute Gasteiger partial charge is 0.475 e. The van der Waals surface area contributed by atoms with Crippen LogP contribution < -0.4 is 5.56 Å². The number of rotatable bonds is 6. The lowest BCUT2D eigenvalue weighted by atomic mass is 10.2. The predicted molar refractivity (Wildman–Crippen MR) is 74.1 cm³/mol. The molecule has 0 unspecified atom stereocenters. The third kappa shape index (κ3) is 3.51. The van der Waals surface area contributed by atoms with E-state index in [2.05, 4.69) is 9.97 Å². The van der Waals surface area contributed by atoms with E-state index in [1.54, 1.807) is 6.07 Å². The first-order chi connectivity index (χ1) is 9.60. The van der Waals surface area contributed by atoms with Crippen LogP contribution in [0.15, 0.2) is 32.8 Å². The van der Waals surface area contributed by atoms with Crippen LogP contribution in [0.3, 0.4) is 0 Å². The van der Waals surface area contributed by atoms with E-state index in [1.165, 1.54) is 24.1 Å². The fourth-order valence-electron chi connectivity index (χ4n) is 1.72. The third-order valence-corrected chi connectivity index (χ3v) is 3.51. The summed E-state index contributed by atoms with van der Waals surface area (Å²) in [7, 11) is 0. The maximum atomic E-state index is 11.5. The summed E-state index contributed by atoms with van der Waals surface area (Å²) in [6.07, 6.45) is 2.98. The molecule has 0 aliphatic rings. The number of aromatic carboxylic acids is 1. The number of hydrogen-bond donors (Lipinski definition) is 2. The van der Waals surface area contributed by atoms with E-state index in [9.17, 15) is 9.59 Å². The molecule has 0 saturated heterocycles. The number of furan rings is 1. The standard InChI is InChI=1S/C13H14N2O4S/c1-2-3-9-6-10(16)15-13(14-9)20-7-8-4-5-19-11(8)12(17)18/h4-6H,2-3,7H2,1H3,(H,17,18)(H,14,15,16). The predicted octanol–water partition coefficient (Wildman–Crippen LogP) is 2.31. The van der Waals surface area contributed by atoms with Crippen LogP contribution in [0.1, 0.15) is 35.2 Å². The summed E-state index contributed by atoms with van der Waals surface area (Å²) in [4.78, 5) is 29.4. The van der Waals surface area contributed by atoms with E-state index >= 15 is 0 Å². The Bertz CT molecular complexity index is 662. The molecule has 6 nitrogen and oxygen atoms in total. The van der Waals surface area contributed by atoms with Crippen molar-refractivity contribution in [2.24, 2.45) is 0 Å². The Hall–Kier alpha value is -2.02. The molecule has 7 heteroatoms. The average Bonchev–Trinajstić information content (AvgIpc) is 2.84. The Kier molecular flexibility index (Phi) is 4.62. The molecule has 2 N–H and O–H groups in total. The lowest BCUT2D eigenvalue weighted by Gasteiger charge is -2.03. The van der Waals surface area contributed by atoms with Gasteiger partial charge in [-0.2, -0.15) is 0 Å². The van der Waals surface area contributed by atoms with E-state index in [1.807, 2.05) is 6.92 Å². The van der Waals surface area contributed by atoms with Crippen molar-refractivity contribution in [3.05, 3.63) is 45.8 Å². The summed E-state index contributed by atoms with van der Waals surface area (Å²) in [6.45, 7) is 2.01. The third-order valence-electron chi connectivity index (χ3n) is 2.58. The number of carbonyl (C=O) groups is 1. The number of H-pyrrole nitrogens is 1. The SMILES string of the molecule is CCCc1cc(=O)[nH]c(SCc2ccoc2C(=O)O)n1. The molecule has 0 radical (unpaired) electrons. The van der Waals surface area contributed by atoms with E-state index in [-0.39, 0.29) is 11.3 Å². The van der Waals surface area contributed by atoms with Crippen molar-refractivity contribution in [1.29, 1.82) is 0 Å². The minimum absolute atomic E-state index is 0.0791. The number of aromatic nitrogens is 2. The van der Waals surface area contributed by atoms with Crippen LogP contribution in [0.25, 0.3) is 0 Å². The highest BCUT2D eigenvalue weighted by molar-refractivity contribution is 7.98. The highest BCUT2D eigenvalue weighted by Gasteiger charge is 2.14. The summed E-state index contributed by atoms with van der Waals surface area (Å²) in [5, 5.41) is 9.42. The van der Waals surface area contributed by atoms with Gasteiger partial charge in [0.25, 0.3) is 5.56 Å². The number of thioether (sulfide) groups is 1. The Morgan fingerprint density at radius 3 is 3.05 bits per heavy atom. The van der Waals surface area contributed by atoms with Gasteiger partial charge >= 0.3 is 5.97 Å². The molecule has 0 bridgehead atoms. The van der Waals surface area contributed by atoms with Crippen LogP contribution in [-0.4, -0.2) is 21.0 Å². The van der Waals surface area contributed by atoms with Gasteiger partial charge in [-0.25, -0.2) is 9.78 Å². The molecule has 0 fully saturated rings. The molecular weight excluding hydrogens is 280 g/mol. The van der Waals surface area contributed by atoms with Gasteiger partial charge in [0.2, 0.25) is 5.76 Å². The van der Waals surface area contributed by atoms with Gasteiger partial charge in [-0.1, -0.05) is 25.1 Å². The van der Waals surface area contributed by atoms with Gasteiger partial charge in [0, 0.05) is 23.1 Å². The van der Waals surface area contributed by atoms with Gasteiger partial charge < -0.3 is 14.5 Å².